The van der Waals surface area contributed by atoms with Crippen molar-refractivity contribution in [3.8, 4) is 5.69 Å². The zero-order valence-corrected chi connectivity index (χ0v) is 11.0. The number of nitrogens with one attached hydrogen (secondary N) is 1. The SMILES string of the molecule is CCNC(=O)c1nn(-c2ccccc2)c2c1CCC2. The zero-order valence-electron chi connectivity index (χ0n) is 11.0. The summed E-state index contributed by atoms with van der Waals surface area (Å²) >= 11 is 0. The van der Waals surface area contributed by atoms with Crippen molar-refractivity contribution in [2.75, 3.05) is 6.54 Å². The molecule has 0 saturated heterocycles. The first-order valence-electron chi connectivity index (χ1n) is 6.75. The first kappa shape index (κ1) is 12.0. The number of rotatable bonds is 3. The fourth-order valence-electron chi connectivity index (χ4n) is 2.65. The van der Waals surface area contributed by atoms with Gasteiger partial charge in [-0.1, -0.05) is 18.2 Å². The second-order valence-corrected chi connectivity index (χ2v) is 4.73. The van der Waals surface area contributed by atoms with Crippen LogP contribution in [-0.4, -0.2) is 22.2 Å². The number of fused-ring (bicyclic) bond motifs is 1. The molecule has 0 fully saturated rings. The number of carbonyl (C=O) groups excluding carboxylic acids is 1. The van der Waals surface area contributed by atoms with Crippen LogP contribution in [0.5, 0.6) is 0 Å². The van der Waals surface area contributed by atoms with Crippen LogP contribution in [0.3, 0.4) is 0 Å². The van der Waals surface area contributed by atoms with Crippen LogP contribution in [0.15, 0.2) is 30.3 Å². The van der Waals surface area contributed by atoms with Gasteiger partial charge in [0, 0.05) is 17.8 Å². The Morgan fingerprint density at radius 1 is 1.32 bits per heavy atom. The van der Waals surface area contributed by atoms with Crippen LogP contribution in [0.1, 0.15) is 35.1 Å². The van der Waals surface area contributed by atoms with E-state index in [0.29, 0.717) is 12.2 Å². The molecule has 98 valence electrons. The van der Waals surface area contributed by atoms with Crippen molar-refractivity contribution in [2.24, 2.45) is 0 Å². The Morgan fingerprint density at radius 2 is 2.11 bits per heavy atom. The van der Waals surface area contributed by atoms with Crippen molar-refractivity contribution >= 4 is 5.91 Å². The number of amides is 1. The van der Waals surface area contributed by atoms with Crippen molar-refractivity contribution in [3.05, 3.63) is 47.3 Å². The van der Waals surface area contributed by atoms with Crippen molar-refractivity contribution in [1.82, 2.24) is 15.1 Å². The first-order chi connectivity index (χ1) is 9.31. The van der Waals surface area contributed by atoms with Gasteiger partial charge < -0.3 is 5.32 Å². The fourth-order valence-corrected chi connectivity index (χ4v) is 2.65. The van der Waals surface area contributed by atoms with Crippen molar-refractivity contribution in [3.63, 3.8) is 0 Å². The highest BCUT2D eigenvalue weighted by Gasteiger charge is 2.26. The monoisotopic (exact) mass is 255 g/mol. The quantitative estimate of drug-likeness (QED) is 0.913. The Bertz CT molecular complexity index is 601. The van der Waals surface area contributed by atoms with Gasteiger partial charge in [0.1, 0.15) is 0 Å². The molecule has 3 rings (SSSR count). The summed E-state index contributed by atoms with van der Waals surface area (Å²) in [5.74, 6) is -0.0599. The summed E-state index contributed by atoms with van der Waals surface area (Å²) in [6.07, 6.45) is 3.05. The van der Waals surface area contributed by atoms with E-state index in [1.165, 1.54) is 5.69 Å². The third kappa shape index (κ3) is 2.03. The Labute approximate surface area is 112 Å². The van der Waals surface area contributed by atoms with Gasteiger partial charge in [-0.05, 0) is 38.3 Å². The minimum absolute atomic E-state index is 0.0599. The standard InChI is InChI=1S/C15H17N3O/c1-2-16-15(19)14-12-9-6-10-13(12)18(17-14)11-7-4-3-5-8-11/h3-5,7-8H,2,6,9-10H2,1H3,(H,16,19). The molecule has 0 radical (unpaired) electrons. The molecule has 1 heterocycles. The third-order valence-corrected chi connectivity index (χ3v) is 3.48. The van der Waals surface area contributed by atoms with Crippen LogP contribution in [0.4, 0.5) is 0 Å². The third-order valence-electron chi connectivity index (χ3n) is 3.48. The summed E-state index contributed by atoms with van der Waals surface area (Å²) in [5, 5.41) is 7.37. The van der Waals surface area contributed by atoms with Crippen molar-refractivity contribution in [2.45, 2.75) is 26.2 Å². The lowest BCUT2D eigenvalue weighted by Crippen LogP contribution is -2.24. The molecule has 1 aliphatic carbocycles. The number of para-hydroxylation sites is 1. The van der Waals surface area contributed by atoms with Gasteiger partial charge in [0.15, 0.2) is 5.69 Å². The maximum Gasteiger partial charge on any atom is 0.272 e. The van der Waals surface area contributed by atoms with Crippen LogP contribution in [0.25, 0.3) is 5.69 Å². The normalized spacial score (nSPS) is 13.3. The lowest BCUT2D eigenvalue weighted by molar-refractivity contribution is 0.0949. The van der Waals surface area contributed by atoms with Gasteiger partial charge in [-0.15, -0.1) is 0 Å². The minimum atomic E-state index is -0.0599. The summed E-state index contributed by atoms with van der Waals surface area (Å²) < 4.78 is 1.92. The molecule has 0 bridgehead atoms. The lowest BCUT2D eigenvalue weighted by atomic mass is 10.2. The second-order valence-electron chi connectivity index (χ2n) is 4.73. The van der Waals surface area contributed by atoms with Gasteiger partial charge in [-0.2, -0.15) is 5.10 Å². The van der Waals surface area contributed by atoms with E-state index in [1.54, 1.807) is 0 Å². The van der Waals surface area contributed by atoms with E-state index in [0.717, 1.165) is 30.5 Å². The average molecular weight is 255 g/mol. The summed E-state index contributed by atoms with van der Waals surface area (Å²) in [6.45, 7) is 2.55. The molecule has 4 nitrogen and oxygen atoms in total. The Hall–Kier alpha value is -2.10. The van der Waals surface area contributed by atoms with E-state index >= 15 is 0 Å². The van der Waals surface area contributed by atoms with Gasteiger partial charge in [-0.25, -0.2) is 4.68 Å². The molecular weight excluding hydrogens is 238 g/mol. The Kier molecular flexibility index (Phi) is 3.07. The number of aromatic nitrogens is 2. The molecule has 4 heteroatoms. The van der Waals surface area contributed by atoms with E-state index in [1.807, 2.05) is 41.9 Å². The van der Waals surface area contributed by atoms with Crippen LogP contribution >= 0.6 is 0 Å². The molecule has 0 unspecified atom stereocenters. The minimum Gasteiger partial charge on any atom is -0.351 e. The van der Waals surface area contributed by atoms with Crippen LogP contribution in [0, 0.1) is 0 Å². The summed E-state index contributed by atoms with van der Waals surface area (Å²) in [7, 11) is 0. The highest BCUT2D eigenvalue weighted by Crippen LogP contribution is 2.27. The number of hydrogen-bond donors (Lipinski definition) is 1. The Morgan fingerprint density at radius 3 is 2.84 bits per heavy atom. The maximum atomic E-state index is 12.1. The second kappa shape index (κ2) is 4.88. The van der Waals surface area contributed by atoms with Gasteiger partial charge in [0.2, 0.25) is 0 Å². The molecule has 0 aliphatic heterocycles. The zero-order chi connectivity index (χ0) is 13.2. The van der Waals surface area contributed by atoms with Crippen molar-refractivity contribution < 1.29 is 4.79 Å². The van der Waals surface area contributed by atoms with Gasteiger partial charge >= 0.3 is 0 Å². The van der Waals surface area contributed by atoms with Crippen LogP contribution < -0.4 is 5.32 Å². The highest BCUT2D eigenvalue weighted by molar-refractivity contribution is 5.94. The summed E-state index contributed by atoms with van der Waals surface area (Å²) in [4.78, 5) is 12.1. The molecule has 1 aliphatic rings. The molecule has 0 atom stereocenters. The predicted octanol–water partition coefficient (Wildman–Crippen LogP) is 2.11. The molecular formula is C15H17N3O. The number of carbonyl (C=O) groups is 1. The molecule has 1 aromatic carbocycles. The van der Waals surface area contributed by atoms with Gasteiger partial charge in [0.05, 0.1) is 5.69 Å². The van der Waals surface area contributed by atoms with Crippen LogP contribution in [-0.2, 0) is 12.8 Å². The van der Waals surface area contributed by atoms with Gasteiger partial charge in [0.25, 0.3) is 5.91 Å². The summed E-state index contributed by atoms with van der Waals surface area (Å²) in [6, 6.07) is 10.0. The summed E-state index contributed by atoms with van der Waals surface area (Å²) in [5.41, 5.74) is 3.93. The largest absolute Gasteiger partial charge is 0.351 e. The highest BCUT2D eigenvalue weighted by atomic mass is 16.1. The number of benzene rings is 1. The van der Waals surface area contributed by atoms with E-state index in [4.69, 9.17) is 0 Å². The number of nitrogens with zero attached hydrogens (tertiary/aromatic N) is 2. The fraction of sp³-hybridized carbons (Fsp3) is 0.333. The van der Waals surface area contributed by atoms with E-state index in [-0.39, 0.29) is 5.91 Å². The van der Waals surface area contributed by atoms with Crippen molar-refractivity contribution in [1.29, 1.82) is 0 Å². The molecule has 0 spiro atoms. The number of hydrogen-bond acceptors (Lipinski definition) is 2. The lowest BCUT2D eigenvalue weighted by Gasteiger charge is -2.04. The smallest absolute Gasteiger partial charge is 0.272 e. The molecule has 0 saturated carbocycles. The average Bonchev–Trinajstić information content (AvgIpc) is 3.01. The van der Waals surface area contributed by atoms with E-state index < -0.39 is 0 Å². The molecule has 1 aromatic heterocycles. The first-order valence-corrected chi connectivity index (χ1v) is 6.75. The maximum absolute atomic E-state index is 12.1. The van der Waals surface area contributed by atoms with Gasteiger partial charge in [-0.3, -0.25) is 4.79 Å². The van der Waals surface area contributed by atoms with Crippen LogP contribution in [0.2, 0.25) is 0 Å². The molecule has 1 amide bonds. The molecule has 2 aromatic rings. The molecule has 1 N–H and O–H groups in total. The Balaban J connectivity index is 2.08. The predicted molar refractivity (Wildman–Crippen MR) is 73.6 cm³/mol. The van der Waals surface area contributed by atoms with E-state index in [9.17, 15) is 4.79 Å². The van der Waals surface area contributed by atoms with E-state index in [2.05, 4.69) is 10.4 Å². The topological polar surface area (TPSA) is 46.9 Å². The molecule has 19 heavy (non-hydrogen) atoms.